The quantitative estimate of drug-likeness (QED) is 0.835. The van der Waals surface area contributed by atoms with Gasteiger partial charge in [-0.1, -0.05) is 56.3 Å². The number of amides is 1. The third-order valence-corrected chi connectivity index (χ3v) is 4.89. The molecule has 1 unspecified atom stereocenters. The van der Waals surface area contributed by atoms with Crippen molar-refractivity contribution in [3.05, 3.63) is 66.0 Å². The number of hydrogen-bond acceptors (Lipinski definition) is 2. The second kappa shape index (κ2) is 7.99. The van der Waals surface area contributed by atoms with E-state index in [9.17, 15) is 9.18 Å². The van der Waals surface area contributed by atoms with Crippen molar-refractivity contribution >= 4 is 23.4 Å². The van der Waals surface area contributed by atoms with Gasteiger partial charge in [0.2, 0.25) is 5.91 Å². The fourth-order valence-electron chi connectivity index (χ4n) is 2.10. The van der Waals surface area contributed by atoms with Gasteiger partial charge in [-0.3, -0.25) is 4.79 Å². The molecule has 0 aliphatic heterocycles. The standard InChI is InChI=1S/C18H20FNOS/c1-13(2)17(22-12-14-8-4-3-5-9-14)18(21)20-16-11-7-6-10-15(16)19/h3-11,13,17H,12H2,1-2H3,(H,20,21). The predicted molar refractivity (Wildman–Crippen MR) is 91.4 cm³/mol. The van der Waals surface area contributed by atoms with Crippen LogP contribution in [0.25, 0.3) is 0 Å². The molecule has 0 fully saturated rings. The van der Waals surface area contributed by atoms with E-state index in [0.717, 1.165) is 5.75 Å². The number of hydrogen-bond donors (Lipinski definition) is 1. The second-order valence-corrected chi connectivity index (χ2v) is 6.56. The highest BCUT2D eigenvalue weighted by atomic mass is 32.2. The lowest BCUT2D eigenvalue weighted by atomic mass is 10.1. The fourth-order valence-corrected chi connectivity index (χ4v) is 3.26. The molecule has 1 N–H and O–H groups in total. The van der Waals surface area contributed by atoms with Crippen molar-refractivity contribution in [1.82, 2.24) is 0 Å². The van der Waals surface area contributed by atoms with E-state index in [1.165, 1.54) is 11.6 Å². The van der Waals surface area contributed by atoms with Crippen molar-refractivity contribution in [3.63, 3.8) is 0 Å². The lowest BCUT2D eigenvalue weighted by Gasteiger charge is -2.20. The van der Waals surface area contributed by atoms with E-state index in [1.807, 2.05) is 44.2 Å². The molecule has 2 aromatic rings. The lowest BCUT2D eigenvalue weighted by Crippen LogP contribution is -2.30. The number of halogens is 1. The first kappa shape index (κ1) is 16.6. The summed E-state index contributed by atoms with van der Waals surface area (Å²) in [5, 5.41) is 2.47. The molecular weight excluding hydrogens is 297 g/mol. The topological polar surface area (TPSA) is 29.1 Å². The molecule has 0 heterocycles. The molecule has 0 spiro atoms. The molecule has 4 heteroatoms. The number of carbonyl (C=O) groups is 1. The van der Waals surface area contributed by atoms with Gasteiger partial charge in [0.05, 0.1) is 10.9 Å². The lowest BCUT2D eigenvalue weighted by molar-refractivity contribution is -0.116. The maximum absolute atomic E-state index is 13.6. The average Bonchev–Trinajstić information content (AvgIpc) is 2.50. The number of rotatable bonds is 6. The Labute approximate surface area is 135 Å². The zero-order chi connectivity index (χ0) is 15.9. The van der Waals surface area contributed by atoms with Crippen LogP contribution in [0.4, 0.5) is 10.1 Å². The Morgan fingerprint density at radius 3 is 2.36 bits per heavy atom. The summed E-state index contributed by atoms with van der Waals surface area (Å²) in [7, 11) is 0. The van der Waals surface area contributed by atoms with Gasteiger partial charge >= 0.3 is 0 Å². The third-order valence-electron chi connectivity index (χ3n) is 3.27. The molecule has 0 saturated carbocycles. The summed E-state index contributed by atoms with van der Waals surface area (Å²) in [6.07, 6.45) is 0. The zero-order valence-corrected chi connectivity index (χ0v) is 13.6. The molecule has 0 saturated heterocycles. The highest BCUT2D eigenvalue weighted by molar-refractivity contribution is 7.99. The zero-order valence-electron chi connectivity index (χ0n) is 12.8. The predicted octanol–water partition coefficient (Wildman–Crippen LogP) is 4.72. The molecule has 2 aromatic carbocycles. The van der Waals surface area contributed by atoms with Gasteiger partial charge in [0, 0.05) is 5.75 Å². The van der Waals surface area contributed by atoms with E-state index in [-0.39, 0.29) is 22.8 Å². The summed E-state index contributed by atoms with van der Waals surface area (Å²) in [5.74, 6) is 0.363. The van der Waals surface area contributed by atoms with Crippen LogP contribution in [0.15, 0.2) is 54.6 Å². The Kier molecular flexibility index (Phi) is 6.01. The molecule has 0 bridgehead atoms. The van der Waals surface area contributed by atoms with Gasteiger partial charge in [-0.25, -0.2) is 4.39 Å². The molecule has 22 heavy (non-hydrogen) atoms. The first-order valence-electron chi connectivity index (χ1n) is 7.29. The molecular formula is C18H20FNOS. The van der Waals surface area contributed by atoms with Crippen LogP contribution < -0.4 is 5.32 Å². The van der Waals surface area contributed by atoms with Crippen molar-refractivity contribution in [2.24, 2.45) is 5.92 Å². The number of nitrogens with one attached hydrogen (secondary N) is 1. The van der Waals surface area contributed by atoms with Crippen LogP contribution in [-0.4, -0.2) is 11.2 Å². The van der Waals surface area contributed by atoms with Crippen molar-refractivity contribution in [2.45, 2.75) is 24.9 Å². The maximum atomic E-state index is 13.6. The molecule has 116 valence electrons. The Hall–Kier alpha value is -1.81. The van der Waals surface area contributed by atoms with Crippen molar-refractivity contribution in [1.29, 1.82) is 0 Å². The Bertz CT molecular complexity index is 615. The van der Waals surface area contributed by atoms with Crippen molar-refractivity contribution < 1.29 is 9.18 Å². The van der Waals surface area contributed by atoms with Gasteiger partial charge < -0.3 is 5.32 Å². The highest BCUT2D eigenvalue weighted by Gasteiger charge is 2.23. The molecule has 0 aliphatic rings. The minimum atomic E-state index is -0.411. The van der Waals surface area contributed by atoms with E-state index >= 15 is 0 Å². The first-order valence-corrected chi connectivity index (χ1v) is 8.33. The molecule has 2 nitrogen and oxygen atoms in total. The summed E-state index contributed by atoms with van der Waals surface area (Å²) in [4.78, 5) is 12.4. The molecule has 0 aliphatic carbocycles. The Balaban J connectivity index is 2.01. The van der Waals surface area contributed by atoms with E-state index in [1.54, 1.807) is 30.0 Å². The van der Waals surface area contributed by atoms with Gasteiger partial charge in [0.25, 0.3) is 0 Å². The van der Waals surface area contributed by atoms with Gasteiger partial charge in [-0.2, -0.15) is 0 Å². The van der Waals surface area contributed by atoms with E-state index < -0.39 is 5.82 Å². The summed E-state index contributed by atoms with van der Waals surface area (Å²) in [5.41, 5.74) is 1.41. The molecule has 1 atom stereocenters. The van der Waals surface area contributed by atoms with Gasteiger partial charge in [0.1, 0.15) is 5.82 Å². The van der Waals surface area contributed by atoms with Gasteiger partial charge in [0.15, 0.2) is 0 Å². The minimum absolute atomic E-state index is 0.152. The molecule has 0 aromatic heterocycles. The number of anilines is 1. The normalized spacial score (nSPS) is 12.2. The van der Waals surface area contributed by atoms with Crippen LogP contribution in [0.2, 0.25) is 0 Å². The minimum Gasteiger partial charge on any atom is -0.323 e. The van der Waals surface area contributed by atoms with Crippen LogP contribution in [-0.2, 0) is 10.5 Å². The van der Waals surface area contributed by atoms with Crippen LogP contribution in [0.5, 0.6) is 0 Å². The average molecular weight is 317 g/mol. The summed E-state index contributed by atoms with van der Waals surface area (Å²) < 4.78 is 13.6. The highest BCUT2D eigenvalue weighted by Crippen LogP contribution is 2.25. The number of benzene rings is 2. The number of para-hydroxylation sites is 1. The van der Waals surface area contributed by atoms with Gasteiger partial charge in [-0.15, -0.1) is 11.8 Å². The van der Waals surface area contributed by atoms with E-state index in [4.69, 9.17) is 0 Å². The summed E-state index contributed by atoms with van der Waals surface area (Å²) in [6.45, 7) is 4.01. The number of carbonyl (C=O) groups excluding carboxylic acids is 1. The number of thioether (sulfide) groups is 1. The fraction of sp³-hybridized carbons (Fsp3) is 0.278. The van der Waals surface area contributed by atoms with Crippen LogP contribution in [0, 0.1) is 11.7 Å². The smallest absolute Gasteiger partial charge is 0.237 e. The van der Waals surface area contributed by atoms with Crippen LogP contribution in [0.1, 0.15) is 19.4 Å². The SMILES string of the molecule is CC(C)C(SCc1ccccc1)C(=O)Nc1ccccc1F. The summed E-state index contributed by atoms with van der Waals surface area (Å²) in [6, 6.07) is 16.3. The monoisotopic (exact) mass is 317 g/mol. The van der Waals surface area contributed by atoms with Gasteiger partial charge in [-0.05, 0) is 23.6 Å². The molecule has 0 radical (unpaired) electrons. The van der Waals surface area contributed by atoms with Crippen molar-refractivity contribution in [3.8, 4) is 0 Å². The molecule has 1 amide bonds. The summed E-state index contributed by atoms with van der Waals surface area (Å²) >= 11 is 1.58. The van der Waals surface area contributed by atoms with Crippen LogP contribution >= 0.6 is 11.8 Å². The van der Waals surface area contributed by atoms with Crippen molar-refractivity contribution in [2.75, 3.05) is 5.32 Å². The van der Waals surface area contributed by atoms with E-state index in [0.29, 0.717) is 0 Å². The van der Waals surface area contributed by atoms with Crippen LogP contribution in [0.3, 0.4) is 0 Å². The largest absolute Gasteiger partial charge is 0.323 e. The first-order chi connectivity index (χ1) is 10.6. The third kappa shape index (κ3) is 4.60. The Morgan fingerprint density at radius 1 is 1.09 bits per heavy atom. The molecule has 2 rings (SSSR count). The second-order valence-electron chi connectivity index (χ2n) is 5.43. The van der Waals surface area contributed by atoms with E-state index in [2.05, 4.69) is 5.32 Å². The maximum Gasteiger partial charge on any atom is 0.237 e. The Morgan fingerprint density at radius 2 is 1.73 bits per heavy atom.